The molecule has 0 spiro atoms. The van der Waals surface area contributed by atoms with E-state index in [0.717, 1.165) is 0 Å². The summed E-state index contributed by atoms with van der Waals surface area (Å²) in [6.07, 6.45) is 0. The van der Waals surface area contributed by atoms with Gasteiger partial charge in [-0.3, -0.25) is 0 Å². The Bertz CT molecular complexity index is 545. The molecule has 1 saturated heterocycles. The van der Waals surface area contributed by atoms with Gasteiger partial charge in [0.05, 0.1) is 18.2 Å². The van der Waals surface area contributed by atoms with Crippen molar-refractivity contribution in [3.05, 3.63) is 28.2 Å². The van der Waals surface area contributed by atoms with E-state index in [4.69, 9.17) is 27.9 Å². The number of morpholine rings is 1. The van der Waals surface area contributed by atoms with Crippen LogP contribution in [0.2, 0.25) is 10.0 Å². The predicted molar refractivity (Wildman–Crippen MR) is 74.3 cm³/mol. The average Bonchev–Trinajstić information content (AvgIpc) is 2.40. The molecule has 19 heavy (non-hydrogen) atoms. The third-order valence-electron chi connectivity index (χ3n) is 2.70. The summed E-state index contributed by atoms with van der Waals surface area (Å²) in [6, 6.07) is 4.29. The molecule has 0 bridgehead atoms. The molecule has 1 heterocycles. The molecule has 0 aromatic heterocycles. The fourth-order valence-electron chi connectivity index (χ4n) is 1.72. The zero-order valence-electron chi connectivity index (χ0n) is 10.0. The summed E-state index contributed by atoms with van der Waals surface area (Å²) in [7, 11) is -3.67. The molecule has 1 aromatic rings. The molecule has 0 radical (unpaired) electrons. The van der Waals surface area contributed by atoms with Crippen molar-refractivity contribution in [1.82, 2.24) is 10.0 Å². The topological polar surface area (TPSA) is 67.4 Å². The third kappa shape index (κ3) is 4.05. The highest BCUT2D eigenvalue weighted by Crippen LogP contribution is 2.24. The molecule has 1 aliphatic heterocycles. The van der Waals surface area contributed by atoms with Crippen LogP contribution in [0.4, 0.5) is 0 Å². The predicted octanol–water partition coefficient (Wildman–Crippen LogP) is 1.26. The Morgan fingerprint density at radius 3 is 2.89 bits per heavy atom. The summed E-state index contributed by atoms with van der Waals surface area (Å²) in [4.78, 5) is -0.0154. The number of benzene rings is 1. The highest BCUT2D eigenvalue weighted by atomic mass is 35.5. The minimum absolute atomic E-state index is 0.0154. The monoisotopic (exact) mass is 324 g/mol. The Morgan fingerprint density at radius 2 is 2.21 bits per heavy atom. The van der Waals surface area contributed by atoms with Crippen molar-refractivity contribution in [3.63, 3.8) is 0 Å². The first-order valence-corrected chi connectivity index (χ1v) is 7.99. The van der Waals surface area contributed by atoms with Gasteiger partial charge in [0, 0.05) is 24.2 Å². The van der Waals surface area contributed by atoms with Crippen LogP contribution in [0, 0.1) is 0 Å². The third-order valence-corrected chi connectivity index (χ3v) is 4.84. The van der Waals surface area contributed by atoms with Gasteiger partial charge in [-0.25, -0.2) is 13.1 Å². The van der Waals surface area contributed by atoms with Crippen molar-refractivity contribution >= 4 is 33.2 Å². The Kier molecular flexibility index (Phi) is 5.05. The first kappa shape index (κ1) is 15.0. The Hall–Kier alpha value is -0.370. The van der Waals surface area contributed by atoms with Crippen LogP contribution >= 0.6 is 23.2 Å². The second kappa shape index (κ2) is 6.39. The van der Waals surface area contributed by atoms with E-state index in [1.807, 2.05) is 0 Å². The van der Waals surface area contributed by atoms with E-state index in [9.17, 15) is 8.42 Å². The highest BCUT2D eigenvalue weighted by Gasteiger charge is 2.21. The lowest BCUT2D eigenvalue weighted by Crippen LogP contribution is -2.48. The molecule has 106 valence electrons. The number of halogens is 2. The standard InChI is InChI=1S/C11H14Cl2N2O3S/c12-8-1-2-10(13)11(5-8)19(16,17)15-6-9-7-18-4-3-14-9/h1-2,5,9,14-15H,3-4,6-7H2. The van der Waals surface area contributed by atoms with Gasteiger partial charge in [0.1, 0.15) is 4.90 Å². The van der Waals surface area contributed by atoms with Crippen LogP contribution in [-0.2, 0) is 14.8 Å². The largest absolute Gasteiger partial charge is 0.378 e. The quantitative estimate of drug-likeness (QED) is 0.875. The van der Waals surface area contributed by atoms with Gasteiger partial charge in [-0.15, -0.1) is 0 Å². The summed E-state index contributed by atoms with van der Waals surface area (Å²) in [5.74, 6) is 0. The SMILES string of the molecule is O=S(=O)(NCC1COCCN1)c1cc(Cl)ccc1Cl. The molecule has 1 aliphatic rings. The molecule has 2 N–H and O–H groups in total. The molecule has 8 heteroatoms. The number of hydrogen-bond acceptors (Lipinski definition) is 4. The second-order valence-electron chi connectivity index (χ2n) is 4.15. The maximum Gasteiger partial charge on any atom is 0.242 e. The van der Waals surface area contributed by atoms with Gasteiger partial charge in [-0.05, 0) is 18.2 Å². The smallest absolute Gasteiger partial charge is 0.242 e. The average molecular weight is 325 g/mol. The van der Waals surface area contributed by atoms with Crippen LogP contribution in [0.1, 0.15) is 0 Å². The Morgan fingerprint density at radius 1 is 1.42 bits per heavy atom. The van der Waals surface area contributed by atoms with E-state index in [1.54, 1.807) is 6.07 Å². The van der Waals surface area contributed by atoms with Gasteiger partial charge < -0.3 is 10.1 Å². The zero-order chi connectivity index (χ0) is 13.9. The van der Waals surface area contributed by atoms with Crippen molar-refractivity contribution in [3.8, 4) is 0 Å². The molecule has 2 rings (SSSR count). The molecular formula is C11H14Cl2N2O3S. The fourth-order valence-corrected chi connectivity index (χ4v) is 3.56. The van der Waals surface area contributed by atoms with E-state index in [0.29, 0.717) is 24.8 Å². The number of ether oxygens (including phenoxy) is 1. The van der Waals surface area contributed by atoms with Gasteiger partial charge in [-0.1, -0.05) is 23.2 Å². The minimum Gasteiger partial charge on any atom is -0.378 e. The molecule has 0 saturated carbocycles. The van der Waals surface area contributed by atoms with Crippen molar-refractivity contribution < 1.29 is 13.2 Å². The molecule has 1 unspecified atom stereocenters. The van der Waals surface area contributed by atoms with E-state index in [-0.39, 0.29) is 22.5 Å². The van der Waals surface area contributed by atoms with E-state index >= 15 is 0 Å². The maximum atomic E-state index is 12.1. The van der Waals surface area contributed by atoms with E-state index < -0.39 is 10.0 Å². The Labute approximate surface area is 122 Å². The first-order valence-electron chi connectivity index (χ1n) is 5.75. The maximum absolute atomic E-state index is 12.1. The van der Waals surface area contributed by atoms with Crippen LogP contribution in [-0.4, -0.2) is 40.8 Å². The zero-order valence-corrected chi connectivity index (χ0v) is 12.4. The molecular weight excluding hydrogens is 311 g/mol. The lowest BCUT2D eigenvalue weighted by atomic mass is 10.3. The molecule has 0 amide bonds. The van der Waals surface area contributed by atoms with Gasteiger partial charge in [0.25, 0.3) is 0 Å². The summed E-state index contributed by atoms with van der Waals surface area (Å²) >= 11 is 11.7. The molecule has 5 nitrogen and oxygen atoms in total. The Balaban J connectivity index is 2.07. The summed E-state index contributed by atoms with van der Waals surface area (Å²) in [6.45, 7) is 2.07. The van der Waals surface area contributed by atoms with Gasteiger partial charge in [0.15, 0.2) is 0 Å². The normalized spacial score (nSPS) is 20.4. The molecule has 1 aromatic carbocycles. The van der Waals surface area contributed by atoms with Gasteiger partial charge in [0.2, 0.25) is 10.0 Å². The lowest BCUT2D eigenvalue weighted by molar-refractivity contribution is 0.0784. The number of hydrogen-bond donors (Lipinski definition) is 2. The van der Waals surface area contributed by atoms with E-state index in [2.05, 4.69) is 10.0 Å². The van der Waals surface area contributed by atoms with Crippen molar-refractivity contribution in [2.75, 3.05) is 26.3 Å². The highest BCUT2D eigenvalue weighted by molar-refractivity contribution is 7.89. The molecule has 1 fully saturated rings. The molecule has 1 atom stereocenters. The van der Waals surface area contributed by atoms with Crippen molar-refractivity contribution in [2.24, 2.45) is 0 Å². The minimum atomic E-state index is -3.67. The first-order chi connectivity index (χ1) is 8.99. The van der Waals surface area contributed by atoms with Crippen molar-refractivity contribution in [1.29, 1.82) is 0 Å². The fraction of sp³-hybridized carbons (Fsp3) is 0.455. The number of rotatable bonds is 4. The number of nitrogens with one attached hydrogen (secondary N) is 2. The van der Waals surface area contributed by atoms with Crippen molar-refractivity contribution in [2.45, 2.75) is 10.9 Å². The summed E-state index contributed by atoms with van der Waals surface area (Å²) in [5.41, 5.74) is 0. The van der Waals surface area contributed by atoms with Gasteiger partial charge >= 0.3 is 0 Å². The lowest BCUT2D eigenvalue weighted by Gasteiger charge is -2.24. The van der Waals surface area contributed by atoms with E-state index in [1.165, 1.54) is 12.1 Å². The number of sulfonamides is 1. The van der Waals surface area contributed by atoms with Crippen LogP contribution in [0.25, 0.3) is 0 Å². The van der Waals surface area contributed by atoms with Crippen LogP contribution < -0.4 is 10.0 Å². The van der Waals surface area contributed by atoms with Crippen LogP contribution in [0.3, 0.4) is 0 Å². The second-order valence-corrected chi connectivity index (χ2v) is 6.73. The van der Waals surface area contributed by atoms with Gasteiger partial charge in [-0.2, -0.15) is 0 Å². The summed E-state index contributed by atoms with van der Waals surface area (Å²) in [5, 5.41) is 3.62. The molecule has 0 aliphatic carbocycles. The summed E-state index contributed by atoms with van der Waals surface area (Å²) < 4.78 is 32.0. The van der Waals surface area contributed by atoms with Crippen LogP contribution in [0.5, 0.6) is 0 Å². The van der Waals surface area contributed by atoms with Crippen LogP contribution in [0.15, 0.2) is 23.1 Å².